The van der Waals surface area contributed by atoms with E-state index >= 15 is 0 Å². The third kappa shape index (κ3) is 13.6. The van der Waals surface area contributed by atoms with E-state index in [9.17, 15) is 33.6 Å². The number of alkyl carbamates (subject to hydrolysis) is 1. The monoisotopic (exact) mass is 711 g/mol. The van der Waals surface area contributed by atoms with E-state index in [-0.39, 0.29) is 36.7 Å². The largest absolute Gasteiger partial charge is 0.458 e. The Morgan fingerprint density at radius 2 is 1.35 bits per heavy atom. The number of ketones is 1. The Morgan fingerprint density at radius 1 is 0.765 bits per heavy atom. The van der Waals surface area contributed by atoms with Crippen LogP contribution in [0.4, 0.5) is 4.79 Å². The van der Waals surface area contributed by atoms with Crippen molar-refractivity contribution in [3.05, 3.63) is 35.9 Å². The molecule has 1 aromatic carbocycles. The lowest BCUT2D eigenvalue weighted by Gasteiger charge is -2.25. The molecular weight excluding hydrogens is 658 g/mol. The number of benzene rings is 1. The highest BCUT2D eigenvalue weighted by Gasteiger charge is 2.41. The van der Waals surface area contributed by atoms with Crippen molar-refractivity contribution in [2.45, 2.75) is 116 Å². The van der Waals surface area contributed by atoms with Crippen LogP contribution in [0.1, 0.15) is 97.6 Å². The smallest absolute Gasteiger partial charge is 0.407 e. The van der Waals surface area contributed by atoms with Gasteiger partial charge in [-0.05, 0) is 75.7 Å². The second-order valence-electron chi connectivity index (χ2n) is 15.4. The van der Waals surface area contributed by atoms with Gasteiger partial charge in [0.05, 0.1) is 19.2 Å². The van der Waals surface area contributed by atoms with Crippen molar-refractivity contribution in [3.63, 3.8) is 0 Å². The molecule has 51 heavy (non-hydrogen) atoms. The molecule has 3 aliphatic carbocycles. The minimum absolute atomic E-state index is 0.0709. The van der Waals surface area contributed by atoms with Gasteiger partial charge in [0.1, 0.15) is 17.7 Å². The number of carbonyl (C=O) groups is 7. The molecule has 280 valence electrons. The fourth-order valence-corrected chi connectivity index (χ4v) is 5.51. The first-order valence-corrected chi connectivity index (χ1v) is 18.0. The van der Waals surface area contributed by atoms with Crippen molar-refractivity contribution in [1.82, 2.24) is 26.6 Å². The van der Waals surface area contributed by atoms with Gasteiger partial charge in [0, 0.05) is 0 Å². The Hall–Kier alpha value is -4.49. The van der Waals surface area contributed by atoms with Gasteiger partial charge in [0.15, 0.2) is 6.04 Å². The summed E-state index contributed by atoms with van der Waals surface area (Å²) in [7, 11) is 0. The molecule has 0 aromatic heterocycles. The van der Waals surface area contributed by atoms with Crippen LogP contribution in [0.2, 0.25) is 0 Å². The Morgan fingerprint density at radius 3 is 1.90 bits per heavy atom. The van der Waals surface area contributed by atoms with Crippen LogP contribution >= 0.6 is 0 Å². The zero-order chi connectivity index (χ0) is 37.3. The van der Waals surface area contributed by atoms with E-state index in [4.69, 9.17) is 9.47 Å². The molecule has 4 rings (SSSR count). The molecule has 1 aromatic rings. The van der Waals surface area contributed by atoms with Crippen molar-refractivity contribution in [2.75, 3.05) is 13.2 Å². The maximum atomic E-state index is 13.6. The predicted octanol–water partition coefficient (Wildman–Crippen LogP) is 2.60. The fraction of sp³-hybridized carbons (Fsp3) is 0.649. The number of hydrogen-bond donors (Lipinski definition) is 5. The Balaban J connectivity index is 1.36. The summed E-state index contributed by atoms with van der Waals surface area (Å²) in [6, 6.07) is 4.33. The molecule has 3 saturated carbocycles. The maximum Gasteiger partial charge on any atom is 0.407 e. The minimum Gasteiger partial charge on any atom is -0.458 e. The molecular formula is C37H53N5O9. The van der Waals surface area contributed by atoms with Crippen LogP contribution in [0, 0.1) is 23.7 Å². The summed E-state index contributed by atoms with van der Waals surface area (Å²) < 4.78 is 10.7. The van der Waals surface area contributed by atoms with E-state index in [0.717, 1.165) is 38.5 Å². The number of amides is 5. The van der Waals surface area contributed by atoms with E-state index < -0.39 is 77.8 Å². The Kier molecular flexibility index (Phi) is 13.6. The van der Waals surface area contributed by atoms with Gasteiger partial charge in [0.25, 0.3) is 5.91 Å². The van der Waals surface area contributed by atoms with Gasteiger partial charge < -0.3 is 36.1 Å². The molecule has 2 unspecified atom stereocenters. The van der Waals surface area contributed by atoms with Crippen LogP contribution in [0.3, 0.4) is 0 Å². The highest BCUT2D eigenvalue weighted by molar-refractivity contribution is 6.38. The summed E-state index contributed by atoms with van der Waals surface area (Å²) in [6.07, 6.45) is 4.88. The molecule has 0 bridgehead atoms. The molecule has 0 heterocycles. The van der Waals surface area contributed by atoms with Crippen LogP contribution in [0.15, 0.2) is 30.3 Å². The molecule has 3 fully saturated rings. The van der Waals surface area contributed by atoms with Crippen LogP contribution in [0.25, 0.3) is 0 Å². The van der Waals surface area contributed by atoms with Crippen LogP contribution in [0.5, 0.6) is 0 Å². The van der Waals surface area contributed by atoms with E-state index in [1.807, 2.05) is 13.8 Å². The average molecular weight is 712 g/mol. The predicted molar refractivity (Wildman–Crippen MR) is 186 cm³/mol. The van der Waals surface area contributed by atoms with Crippen molar-refractivity contribution < 1.29 is 43.0 Å². The Labute approximate surface area is 299 Å². The highest BCUT2D eigenvalue weighted by atomic mass is 16.6. The molecule has 5 N–H and O–H groups in total. The molecule has 14 nitrogen and oxygen atoms in total. The van der Waals surface area contributed by atoms with Gasteiger partial charge >= 0.3 is 12.1 Å². The van der Waals surface area contributed by atoms with Gasteiger partial charge in [-0.25, -0.2) is 9.59 Å². The van der Waals surface area contributed by atoms with Gasteiger partial charge in [-0.3, -0.25) is 24.0 Å². The van der Waals surface area contributed by atoms with Crippen molar-refractivity contribution in [3.8, 4) is 0 Å². The molecule has 3 aliphatic rings. The minimum atomic E-state index is -1.17. The second-order valence-corrected chi connectivity index (χ2v) is 15.4. The van der Waals surface area contributed by atoms with Crippen LogP contribution in [-0.2, 0) is 38.2 Å². The quantitative estimate of drug-likeness (QED) is 0.106. The van der Waals surface area contributed by atoms with Gasteiger partial charge in [-0.15, -0.1) is 0 Å². The first-order chi connectivity index (χ1) is 24.1. The lowest BCUT2D eigenvalue weighted by Crippen LogP contribution is -2.57. The number of ether oxygens (including phenoxy) is 2. The first kappa shape index (κ1) is 39.3. The number of esters is 1. The fourth-order valence-electron chi connectivity index (χ4n) is 5.51. The third-order valence-corrected chi connectivity index (χ3v) is 8.71. The summed E-state index contributed by atoms with van der Waals surface area (Å²) >= 11 is 0. The molecule has 0 radical (unpaired) electrons. The average Bonchev–Trinajstić information content (AvgIpc) is 3.90. The van der Waals surface area contributed by atoms with Crippen molar-refractivity contribution >= 4 is 41.5 Å². The number of rotatable bonds is 19. The molecule has 4 atom stereocenters. The zero-order valence-electron chi connectivity index (χ0n) is 30.3. The number of carbonyl (C=O) groups excluding carboxylic acids is 7. The molecule has 0 spiro atoms. The van der Waals surface area contributed by atoms with E-state index in [1.165, 1.54) is 0 Å². The lowest BCUT2D eigenvalue weighted by atomic mass is 10.0. The number of hydrogen-bond acceptors (Lipinski definition) is 9. The molecule has 5 amide bonds. The summed E-state index contributed by atoms with van der Waals surface area (Å²) in [5.74, 6) is -4.07. The van der Waals surface area contributed by atoms with E-state index in [1.54, 1.807) is 51.1 Å². The number of Topliss-reactive ketones (excluding diaryl/α,β-unsaturated/α-hetero) is 1. The molecule has 0 saturated heterocycles. The van der Waals surface area contributed by atoms with Gasteiger partial charge in [-0.2, -0.15) is 0 Å². The second kappa shape index (κ2) is 17.6. The van der Waals surface area contributed by atoms with Crippen molar-refractivity contribution in [1.29, 1.82) is 0 Å². The van der Waals surface area contributed by atoms with E-state index in [0.29, 0.717) is 12.0 Å². The van der Waals surface area contributed by atoms with Gasteiger partial charge in [0.2, 0.25) is 23.5 Å². The summed E-state index contributed by atoms with van der Waals surface area (Å²) in [6.45, 7) is 8.51. The van der Waals surface area contributed by atoms with Crippen molar-refractivity contribution in [2.24, 2.45) is 23.7 Å². The van der Waals surface area contributed by atoms with Gasteiger partial charge in [-0.1, -0.05) is 69.9 Å². The summed E-state index contributed by atoms with van der Waals surface area (Å²) in [5, 5.41) is 13.0. The number of nitrogens with one attached hydrogen (secondary N) is 5. The summed E-state index contributed by atoms with van der Waals surface area (Å²) in [5.41, 5.74) is -0.332. The highest BCUT2D eigenvalue weighted by Crippen LogP contribution is 2.36. The Bertz CT molecular complexity index is 1430. The lowest BCUT2D eigenvalue weighted by molar-refractivity contribution is -0.158. The SMILES string of the molecule is CC(C)COC(=O)N[C@H](C(=O)N[C@@H](CC1CC1)C(=O)NC(CC1CC1)C(=O)C(=O)NCC(=O)NC(C(=O)OC(C)(C)C)c1ccccc1)C1CC1. The maximum absolute atomic E-state index is 13.6. The molecule has 0 aliphatic heterocycles. The van der Waals surface area contributed by atoms with Crippen LogP contribution < -0.4 is 26.6 Å². The normalized spacial score (nSPS) is 17.9. The standard InChI is InChI=1S/C37H53N5O9/c1-21(2)20-50-36(49)42-29(25-15-16-25)33(46)40-27(18-23-13-14-23)32(45)39-26(17-22-11-12-22)31(44)34(47)38-19-28(43)41-30(24-9-7-6-8-10-24)35(48)51-37(3,4)5/h6-10,21-23,25-27,29-30H,11-20H2,1-5H3,(H,38,47)(H,39,45)(H,40,46)(H,41,43)(H,42,49)/t26?,27-,29-,30?/m0/s1. The zero-order valence-corrected chi connectivity index (χ0v) is 30.3. The first-order valence-electron chi connectivity index (χ1n) is 18.0. The van der Waals surface area contributed by atoms with E-state index in [2.05, 4.69) is 26.6 Å². The summed E-state index contributed by atoms with van der Waals surface area (Å²) in [4.78, 5) is 91.7. The topological polar surface area (TPSA) is 198 Å². The van der Waals surface area contributed by atoms with Crippen LogP contribution in [-0.4, -0.2) is 78.4 Å². The molecule has 14 heteroatoms. The third-order valence-electron chi connectivity index (χ3n) is 8.71.